The Kier molecular flexibility index (Phi) is 6.56. The number of hydrogen-bond donors (Lipinski definition) is 0. The van der Waals surface area contributed by atoms with Crippen molar-refractivity contribution in [1.82, 2.24) is 13.5 Å². The van der Waals surface area contributed by atoms with Gasteiger partial charge in [-0.15, -0.1) is 0 Å². The van der Waals surface area contributed by atoms with Gasteiger partial charge in [-0.1, -0.05) is 17.7 Å². The van der Waals surface area contributed by atoms with Gasteiger partial charge in [0.15, 0.2) is 0 Å². The van der Waals surface area contributed by atoms with Gasteiger partial charge in [0.05, 0.1) is 10.6 Å². The summed E-state index contributed by atoms with van der Waals surface area (Å²) in [6, 6.07) is 3.37. The molecule has 150 valence electrons. The molecule has 0 radical (unpaired) electrons. The maximum Gasteiger partial charge on any atom is 0.417 e. The van der Waals surface area contributed by atoms with Crippen LogP contribution in [0.4, 0.5) is 13.2 Å². The van der Waals surface area contributed by atoms with Crippen molar-refractivity contribution >= 4 is 33.8 Å². The van der Waals surface area contributed by atoms with E-state index in [1.807, 2.05) is 0 Å². The van der Waals surface area contributed by atoms with E-state index in [0.717, 1.165) is 16.4 Å². The maximum atomic E-state index is 12.9. The Bertz CT molecular complexity index is 833. The summed E-state index contributed by atoms with van der Waals surface area (Å²) in [5.41, 5.74) is -0.782. The molecule has 1 saturated heterocycles. The average molecular weight is 426 g/mol. The topological polar surface area (TPSA) is 60.9 Å². The summed E-state index contributed by atoms with van der Waals surface area (Å²) in [4.78, 5) is 13.7. The standard InChI is InChI=1S/C16H19ClF3N3O3S/c1-21(2)27(25,26)23-9-7-22(8-10-23)15(24)6-4-12-3-5-14(17)13(11-12)16(18,19)20/h3-6,11H,7-10H2,1-2H3/b6-4+. The van der Waals surface area contributed by atoms with Crippen LogP contribution in [0, 0.1) is 0 Å². The Labute approximate surface area is 161 Å². The summed E-state index contributed by atoms with van der Waals surface area (Å²) in [5.74, 6) is -0.402. The van der Waals surface area contributed by atoms with E-state index in [1.54, 1.807) is 0 Å². The number of amides is 1. The van der Waals surface area contributed by atoms with Crippen molar-refractivity contribution < 1.29 is 26.4 Å². The van der Waals surface area contributed by atoms with E-state index in [-0.39, 0.29) is 31.7 Å². The van der Waals surface area contributed by atoms with Crippen LogP contribution in [-0.4, -0.2) is 68.1 Å². The van der Waals surface area contributed by atoms with Crippen LogP contribution in [0.25, 0.3) is 6.08 Å². The van der Waals surface area contributed by atoms with Gasteiger partial charge in [0, 0.05) is 46.4 Å². The highest BCUT2D eigenvalue weighted by Crippen LogP contribution is 2.35. The Hall–Kier alpha value is -1.62. The third kappa shape index (κ3) is 5.22. The normalized spacial score (nSPS) is 17.1. The summed E-state index contributed by atoms with van der Waals surface area (Å²) >= 11 is 5.56. The number of rotatable bonds is 4. The van der Waals surface area contributed by atoms with E-state index >= 15 is 0 Å². The average Bonchev–Trinajstić information content (AvgIpc) is 2.59. The van der Waals surface area contributed by atoms with Gasteiger partial charge in [0.2, 0.25) is 5.91 Å². The van der Waals surface area contributed by atoms with Crippen molar-refractivity contribution in [3.8, 4) is 0 Å². The Morgan fingerprint density at radius 1 is 1.19 bits per heavy atom. The SMILES string of the molecule is CN(C)S(=O)(=O)N1CCN(C(=O)/C=C/c2ccc(Cl)c(C(F)(F)F)c2)CC1. The molecule has 0 atom stereocenters. The fourth-order valence-electron chi connectivity index (χ4n) is 2.51. The van der Waals surface area contributed by atoms with Crippen molar-refractivity contribution in [2.24, 2.45) is 0 Å². The van der Waals surface area contributed by atoms with Gasteiger partial charge in [0.25, 0.3) is 10.2 Å². The minimum Gasteiger partial charge on any atom is -0.337 e. The van der Waals surface area contributed by atoms with Crippen molar-refractivity contribution in [2.45, 2.75) is 6.18 Å². The number of benzene rings is 1. The van der Waals surface area contributed by atoms with Gasteiger partial charge in [-0.3, -0.25) is 4.79 Å². The zero-order valence-corrected chi connectivity index (χ0v) is 16.3. The lowest BCUT2D eigenvalue weighted by molar-refractivity contribution is -0.137. The first-order chi connectivity index (χ1) is 12.4. The van der Waals surface area contributed by atoms with Crippen LogP contribution in [0.5, 0.6) is 0 Å². The molecule has 0 saturated carbocycles. The first-order valence-corrected chi connectivity index (χ1v) is 9.72. The van der Waals surface area contributed by atoms with E-state index in [9.17, 15) is 26.4 Å². The lowest BCUT2D eigenvalue weighted by Gasteiger charge is -2.34. The number of alkyl halides is 3. The molecule has 0 N–H and O–H groups in total. The molecule has 1 aromatic rings. The predicted molar refractivity (Wildman–Crippen MR) is 96.2 cm³/mol. The molecule has 6 nitrogen and oxygen atoms in total. The monoisotopic (exact) mass is 425 g/mol. The molecule has 1 aliphatic heterocycles. The second kappa shape index (κ2) is 8.17. The molecule has 0 unspecified atom stereocenters. The van der Waals surface area contributed by atoms with Crippen LogP contribution in [0.15, 0.2) is 24.3 Å². The second-order valence-electron chi connectivity index (χ2n) is 6.08. The number of carbonyl (C=O) groups excluding carboxylic acids is 1. The van der Waals surface area contributed by atoms with Gasteiger partial charge >= 0.3 is 6.18 Å². The minimum absolute atomic E-state index is 0.152. The second-order valence-corrected chi connectivity index (χ2v) is 8.63. The highest BCUT2D eigenvalue weighted by molar-refractivity contribution is 7.86. The molecule has 0 aliphatic carbocycles. The summed E-state index contributed by atoms with van der Waals surface area (Å²) in [7, 11) is -0.681. The van der Waals surface area contributed by atoms with E-state index in [2.05, 4.69) is 0 Å². The third-order valence-electron chi connectivity index (χ3n) is 4.05. The zero-order chi connectivity index (χ0) is 20.4. The molecule has 1 aliphatic rings. The van der Waals surface area contributed by atoms with Crippen molar-refractivity contribution in [2.75, 3.05) is 40.3 Å². The minimum atomic E-state index is -4.58. The molecule has 1 aromatic carbocycles. The molecule has 11 heteroatoms. The van der Waals surface area contributed by atoms with Crippen LogP contribution < -0.4 is 0 Å². The molecule has 1 amide bonds. The summed E-state index contributed by atoms with van der Waals surface area (Å²) in [5, 5.41) is -0.413. The highest BCUT2D eigenvalue weighted by atomic mass is 35.5. The first kappa shape index (κ1) is 21.7. The van der Waals surface area contributed by atoms with Crippen LogP contribution in [0.3, 0.4) is 0 Å². The van der Waals surface area contributed by atoms with Crippen LogP contribution in [-0.2, 0) is 21.2 Å². The van der Waals surface area contributed by atoms with Crippen molar-refractivity contribution in [3.63, 3.8) is 0 Å². The Morgan fingerprint density at radius 2 is 1.78 bits per heavy atom. The van der Waals surface area contributed by atoms with E-state index in [1.165, 1.54) is 41.5 Å². The number of carbonyl (C=O) groups is 1. The Morgan fingerprint density at radius 3 is 2.30 bits per heavy atom. The molecule has 2 rings (SSSR count). The van der Waals surface area contributed by atoms with Crippen molar-refractivity contribution in [1.29, 1.82) is 0 Å². The van der Waals surface area contributed by atoms with E-state index < -0.39 is 32.9 Å². The highest BCUT2D eigenvalue weighted by Gasteiger charge is 2.33. The molecule has 1 fully saturated rings. The fraction of sp³-hybridized carbons (Fsp3) is 0.438. The number of piperazine rings is 1. The van der Waals surface area contributed by atoms with Crippen LogP contribution in [0.2, 0.25) is 5.02 Å². The molecule has 0 aromatic heterocycles. The summed E-state index contributed by atoms with van der Waals surface area (Å²) in [6.45, 7) is 0.702. The maximum absolute atomic E-state index is 12.9. The molecular formula is C16H19ClF3N3O3S. The van der Waals surface area contributed by atoms with Gasteiger partial charge < -0.3 is 4.90 Å². The number of nitrogens with zero attached hydrogens (tertiary/aromatic N) is 3. The third-order valence-corrected chi connectivity index (χ3v) is 6.32. The summed E-state index contributed by atoms with van der Waals surface area (Å²) in [6.07, 6.45) is -2.14. The first-order valence-electron chi connectivity index (χ1n) is 7.94. The largest absolute Gasteiger partial charge is 0.417 e. The fourth-order valence-corrected chi connectivity index (χ4v) is 3.82. The smallest absolute Gasteiger partial charge is 0.337 e. The molecule has 0 bridgehead atoms. The van der Waals surface area contributed by atoms with Crippen molar-refractivity contribution in [3.05, 3.63) is 40.4 Å². The molecule has 1 heterocycles. The van der Waals surface area contributed by atoms with Crippen LogP contribution >= 0.6 is 11.6 Å². The Balaban J connectivity index is 2.03. The quantitative estimate of drug-likeness (QED) is 0.696. The zero-order valence-electron chi connectivity index (χ0n) is 14.7. The van der Waals surface area contributed by atoms with Gasteiger partial charge in [0.1, 0.15) is 0 Å². The lowest BCUT2D eigenvalue weighted by Crippen LogP contribution is -2.52. The van der Waals surface area contributed by atoms with E-state index in [4.69, 9.17) is 11.6 Å². The molecular weight excluding hydrogens is 407 g/mol. The van der Waals surface area contributed by atoms with Gasteiger partial charge in [-0.25, -0.2) is 0 Å². The molecule has 0 spiro atoms. The van der Waals surface area contributed by atoms with Gasteiger partial charge in [-0.05, 0) is 23.8 Å². The molecule has 27 heavy (non-hydrogen) atoms. The number of halogens is 4. The predicted octanol–water partition coefficient (Wildman–Crippen LogP) is 2.32. The number of hydrogen-bond acceptors (Lipinski definition) is 3. The van der Waals surface area contributed by atoms with Crippen LogP contribution in [0.1, 0.15) is 11.1 Å². The van der Waals surface area contributed by atoms with E-state index in [0.29, 0.717) is 0 Å². The summed E-state index contributed by atoms with van der Waals surface area (Å²) < 4.78 is 65.1. The lowest BCUT2D eigenvalue weighted by atomic mass is 10.1. The van der Waals surface area contributed by atoms with Gasteiger partial charge in [-0.2, -0.15) is 30.2 Å².